The fourth-order valence-corrected chi connectivity index (χ4v) is 5.90. The van der Waals surface area contributed by atoms with E-state index < -0.39 is 10.0 Å². The summed E-state index contributed by atoms with van der Waals surface area (Å²) >= 11 is 0. The van der Waals surface area contributed by atoms with Crippen molar-refractivity contribution in [3.05, 3.63) is 17.7 Å². The van der Waals surface area contributed by atoms with Crippen LogP contribution in [0.15, 0.2) is 17.0 Å². The molecule has 2 aliphatic rings. The van der Waals surface area contributed by atoms with Gasteiger partial charge in [0.2, 0.25) is 15.8 Å². The van der Waals surface area contributed by atoms with Crippen LogP contribution in [-0.2, 0) is 16.6 Å². The molecule has 0 spiro atoms. The van der Waals surface area contributed by atoms with Gasteiger partial charge in [-0.3, -0.25) is 0 Å². The maximum atomic E-state index is 12.8. The van der Waals surface area contributed by atoms with E-state index in [0.717, 1.165) is 50.9 Å². The highest BCUT2D eigenvalue weighted by molar-refractivity contribution is 7.89. The van der Waals surface area contributed by atoms with E-state index in [-0.39, 0.29) is 10.7 Å². The zero-order valence-corrected chi connectivity index (χ0v) is 18.6. The average molecular weight is 449 g/mol. The Morgan fingerprint density at radius 2 is 1.90 bits per heavy atom. The van der Waals surface area contributed by atoms with Crippen molar-refractivity contribution in [1.82, 2.24) is 25.9 Å². The number of nitrogens with zero attached hydrogens (tertiary/aromatic N) is 4. The van der Waals surface area contributed by atoms with Crippen LogP contribution in [0.4, 0.5) is 5.69 Å². The van der Waals surface area contributed by atoms with Crippen molar-refractivity contribution < 1.29 is 8.42 Å². The Hall–Kier alpha value is -2.08. The van der Waals surface area contributed by atoms with Gasteiger partial charge in [-0.05, 0) is 61.4 Å². The van der Waals surface area contributed by atoms with Crippen LogP contribution in [0.1, 0.15) is 50.5 Å². The number of rotatable bonds is 8. The highest BCUT2D eigenvalue weighted by Crippen LogP contribution is 2.38. The molecule has 0 atom stereocenters. The third kappa shape index (κ3) is 5.05. The molecule has 1 aromatic carbocycles. The van der Waals surface area contributed by atoms with Gasteiger partial charge in [0.25, 0.3) is 0 Å². The number of sulfonamides is 1. The van der Waals surface area contributed by atoms with E-state index in [1.54, 1.807) is 0 Å². The van der Waals surface area contributed by atoms with Gasteiger partial charge >= 0.3 is 0 Å². The van der Waals surface area contributed by atoms with Crippen LogP contribution in [0.3, 0.4) is 0 Å². The molecule has 1 saturated heterocycles. The molecule has 0 amide bonds. The number of hydrogen-bond donors (Lipinski definition) is 4. The molecule has 1 aliphatic carbocycles. The molecule has 31 heavy (non-hydrogen) atoms. The first kappa shape index (κ1) is 22.1. The summed E-state index contributed by atoms with van der Waals surface area (Å²) in [6.07, 6.45) is 7.66. The highest BCUT2D eigenvalue weighted by atomic mass is 32.2. The summed E-state index contributed by atoms with van der Waals surface area (Å²) in [6, 6.07) is 4.24. The first-order valence-corrected chi connectivity index (χ1v) is 12.6. The summed E-state index contributed by atoms with van der Waals surface area (Å²) in [7, 11) is -4.02. The van der Waals surface area contributed by atoms with Gasteiger partial charge < -0.3 is 16.0 Å². The van der Waals surface area contributed by atoms with E-state index in [1.165, 1.54) is 12.8 Å². The molecule has 11 heteroatoms. The summed E-state index contributed by atoms with van der Waals surface area (Å²) in [5, 5.41) is 23.5. The predicted octanol–water partition coefficient (Wildman–Crippen LogP) is 1.11. The number of aromatic amines is 1. The highest BCUT2D eigenvalue weighted by Gasteiger charge is 2.30. The normalized spacial score (nSPS) is 18.7. The fraction of sp³-hybridized carbons (Fsp3) is 0.650. The van der Waals surface area contributed by atoms with Crippen molar-refractivity contribution in [2.45, 2.75) is 62.4 Å². The molecular formula is C20H32N8O2S. The molecule has 170 valence electrons. The van der Waals surface area contributed by atoms with Crippen molar-refractivity contribution in [2.75, 3.05) is 24.5 Å². The fourth-order valence-electron chi connectivity index (χ4n) is 4.91. The minimum absolute atomic E-state index is 0.0842. The number of nitrogens with one attached hydrogen (secondary N) is 2. The maximum absolute atomic E-state index is 12.8. The quantitative estimate of drug-likeness (QED) is 0.468. The third-order valence-electron chi connectivity index (χ3n) is 6.54. The van der Waals surface area contributed by atoms with Crippen LogP contribution >= 0.6 is 0 Å². The van der Waals surface area contributed by atoms with E-state index in [4.69, 9.17) is 10.9 Å². The van der Waals surface area contributed by atoms with E-state index in [1.807, 2.05) is 12.1 Å². The first-order chi connectivity index (χ1) is 15.0. The monoisotopic (exact) mass is 448 g/mol. The van der Waals surface area contributed by atoms with Gasteiger partial charge in [-0.2, -0.15) is 5.21 Å². The second-order valence-corrected chi connectivity index (χ2v) is 10.1. The third-order valence-corrected chi connectivity index (χ3v) is 7.57. The van der Waals surface area contributed by atoms with Gasteiger partial charge in [0.05, 0.1) is 10.5 Å². The number of anilines is 1. The number of primary sulfonamides is 1. The van der Waals surface area contributed by atoms with Crippen LogP contribution in [0, 0.1) is 5.92 Å². The SMILES string of the molecule is NCCC1CCN(c2ccc(CNC3CCCC3)c(S(N)(=O)=O)c2-c2nn[nH]n2)CC1. The molecule has 1 saturated carbocycles. The Kier molecular flexibility index (Phi) is 6.85. The first-order valence-electron chi connectivity index (χ1n) is 11.1. The molecular weight excluding hydrogens is 416 g/mol. The van der Waals surface area contributed by atoms with Crippen LogP contribution in [-0.4, -0.2) is 54.7 Å². The Morgan fingerprint density at radius 3 is 2.52 bits per heavy atom. The number of piperidine rings is 1. The largest absolute Gasteiger partial charge is 0.371 e. The minimum atomic E-state index is -4.02. The summed E-state index contributed by atoms with van der Waals surface area (Å²) in [6.45, 7) is 2.76. The van der Waals surface area contributed by atoms with Crippen molar-refractivity contribution in [3.63, 3.8) is 0 Å². The van der Waals surface area contributed by atoms with Gasteiger partial charge in [-0.25, -0.2) is 13.6 Å². The van der Waals surface area contributed by atoms with Crippen LogP contribution < -0.4 is 21.1 Å². The minimum Gasteiger partial charge on any atom is -0.371 e. The summed E-state index contributed by atoms with van der Waals surface area (Å²) in [5.74, 6) is 0.841. The van der Waals surface area contributed by atoms with E-state index in [0.29, 0.717) is 36.2 Å². The van der Waals surface area contributed by atoms with Crippen LogP contribution in [0.25, 0.3) is 11.4 Å². The average Bonchev–Trinajstić information content (AvgIpc) is 3.46. The number of tetrazole rings is 1. The van der Waals surface area contributed by atoms with Crippen LogP contribution in [0.2, 0.25) is 0 Å². The van der Waals surface area contributed by atoms with Crippen molar-refractivity contribution in [2.24, 2.45) is 16.8 Å². The van der Waals surface area contributed by atoms with E-state index >= 15 is 0 Å². The summed E-state index contributed by atoms with van der Waals surface area (Å²) in [4.78, 5) is 2.28. The lowest BCUT2D eigenvalue weighted by Gasteiger charge is -2.35. The number of aromatic nitrogens is 4. The summed E-state index contributed by atoms with van der Waals surface area (Å²) in [5.41, 5.74) is 7.57. The molecule has 2 fully saturated rings. The number of H-pyrrole nitrogens is 1. The summed E-state index contributed by atoms with van der Waals surface area (Å²) < 4.78 is 25.5. The number of hydrogen-bond acceptors (Lipinski definition) is 8. The lowest BCUT2D eigenvalue weighted by Crippen LogP contribution is -2.35. The molecule has 4 rings (SSSR count). The van der Waals surface area contributed by atoms with Crippen molar-refractivity contribution in [3.8, 4) is 11.4 Å². The number of benzene rings is 1. The van der Waals surface area contributed by atoms with Gasteiger partial charge in [0, 0.05) is 31.4 Å². The van der Waals surface area contributed by atoms with E-state index in [2.05, 4.69) is 30.8 Å². The lowest BCUT2D eigenvalue weighted by atomic mass is 9.92. The molecule has 1 aliphatic heterocycles. The van der Waals surface area contributed by atoms with Gasteiger partial charge in [-0.15, -0.1) is 10.2 Å². The van der Waals surface area contributed by atoms with E-state index in [9.17, 15) is 8.42 Å². The van der Waals surface area contributed by atoms with Crippen molar-refractivity contribution >= 4 is 15.7 Å². The Bertz CT molecular complexity index is 965. The maximum Gasteiger partial charge on any atom is 0.239 e. The smallest absolute Gasteiger partial charge is 0.239 e. The second-order valence-electron chi connectivity index (χ2n) is 8.60. The second kappa shape index (κ2) is 9.60. The van der Waals surface area contributed by atoms with Crippen LogP contribution in [0.5, 0.6) is 0 Å². The van der Waals surface area contributed by atoms with Gasteiger partial charge in [0.15, 0.2) is 0 Å². The Labute approximate surface area is 183 Å². The molecule has 0 unspecified atom stereocenters. The molecule has 0 radical (unpaired) electrons. The number of nitrogens with two attached hydrogens (primary N) is 2. The zero-order chi connectivity index (χ0) is 21.8. The molecule has 2 heterocycles. The zero-order valence-electron chi connectivity index (χ0n) is 17.8. The topological polar surface area (TPSA) is 156 Å². The molecule has 6 N–H and O–H groups in total. The lowest BCUT2D eigenvalue weighted by molar-refractivity contribution is 0.386. The predicted molar refractivity (Wildman–Crippen MR) is 119 cm³/mol. The molecule has 0 bridgehead atoms. The standard InChI is InChI=1S/C20H32N8O2S/c21-10-7-14-8-11-28(12-9-14)17-6-5-15(13-23-16-3-1-2-4-16)19(31(22,29)30)18(17)20-24-26-27-25-20/h5-6,14,16,23H,1-4,7-13,21H2,(H2,22,29,30)(H,24,25,26,27). The molecule has 2 aromatic rings. The Balaban J connectivity index is 1.72. The van der Waals surface area contributed by atoms with Crippen molar-refractivity contribution in [1.29, 1.82) is 0 Å². The molecule has 10 nitrogen and oxygen atoms in total. The van der Waals surface area contributed by atoms with Gasteiger partial charge in [0.1, 0.15) is 0 Å². The Morgan fingerprint density at radius 1 is 1.16 bits per heavy atom. The van der Waals surface area contributed by atoms with Gasteiger partial charge in [-0.1, -0.05) is 18.9 Å². The molecule has 1 aromatic heterocycles.